The zero-order valence-corrected chi connectivity index (χ0v) is 16.2. The van der Waals surface area contributed by atoms with Crippen LogP contribution >= 0.6 is 0 Å². The molecule has 0 unspecified atom stereocenters. The Bertz CT molecular complexity index is 1150. The topological polar surface area (TPSA) is 82.8 Å². The van der Waals surface area contributed by atoms with Crippen LogP contribution in [-0.2, 0) is 9.84 Å². The summed E-state index contributed by atoms with van der Waals surface area (Å²) in [5, 5.41) is 12.3. The maximum absolute atomic E-state index is 13.3. The Hall–Kier alpha value is -3.24. The standard InChI is InChI=1S/C21H18FN3O2S/c1-3-28(26,27)18-10-6-14(7-11-18)19-12-16(13-23)21(24-2)25-20(19)15-4-8-17(22)9-5-15/h4-12H,3H2,1-2H3,(H,24,25). The molecule has 1 aromatic heterocycles. The third-order valence-electron chi connectivity index (χ3n) is 4.40. The van der Waals surface area contributed by atoms with E-state index in [0.717, 1.165) is 0 Å². The number of rotatable bonds is 5. The monoisotopic (exact) mass is 395 g/mol. The van der Waals surface area contributed by atoms with Gasteiger partial charge in [0.05, 0.1) is 21.9 Å². The Balaban J connectivity index is 2.21. The van der Waals surface area contributed by atoms with E-state index in [4.69, 9.17) is 0 Å². The first-order chi connectivity index (χ1) is 13.4. The molecule has 0 fully saturated rings. The Morgan fingerprint density at radius 2 is 1.68 bits per heavy atom. The minimum absolute atomic E-state index is 0.0180. The van der Waals surface area contributed by atoms with Gasteiger partial charge in [-0.05, 0) is 48.0 Å². The number of hydrogen-bond donors (Lipinski definition) is 1. The molecule has 2 aromatic carbocycles. The van der Waals surface area contributed by atoms with Gasteiger partial charge in [-0.2, -0.15) is 5.26 Å². The molecule has 0 saturated carbocycles. The SMILES string of the molecule is CCS(=O)(=O)c1ccc(-c2cc(C#N)c(NC)nc2-c2ccc(F)cc2)cc1. The van der Waals surface area contributed by atoms with Crippen LogP contribution in [0.5, 0.6) is 0 Å². The zero-order valence-electron chi connectivity index (χ0n) is 15.4. The molecule has 0 amide bonds. The van der Waals surface area contributed by atoms with Crippen LogP contribution in [0.1, 0.15) is 12.5 Å². The molecule has 142 valence electrons. The van der Waals surface area contributed by atoms with Crippen molar-refractivity contribution in [2.24, 2.45) is 0 Å². The first kappa shape index (κ1) is 19.5. The number of sulfone groups is 1. The van der Waals surface area contributed by atoms with Gasteiger partial charge < -0.3 is 5.32 Å². The summed E-state index contributed by atoms with van der Waals surface area (Å²) >= 11 is 0. The quantitative estimate of drug-likeness (QED) is 0.698. The Kier molecular flexibility index (Phi) is 5.43. The van der Waals surface area contributed by atoms with Gasteiger partial charge in [-0.3, -0.25) is 0 Å². The van der Waals surface area contributed by atoms with E-state index in [9.17, 15) is 18.1 Å². The van der Waals surface area contributed by atoms with Gasteiger partial charge in [0.15, 0.2) is 9.84 Å². The maximum atomic E-state index is 13.3. The van der Waals surface area contributed by atoms with Crippen molar-refractivity contribution in [2.75, 3.05) is 18.1 Å². The smallest absolute Gasteiger partial charge is 0.178 e. The number of halogens is 1. The molecule has 0 aliphatic rings. The summed E-state index contributed by atoms with van der Waals surface area (Å²) in [6, 6.07) is 16.2. The molecule has 0 spiro atoms. The first-order valence-corrected chi connectivity index (χ1v) is 10.3. The predicted molar refractivity (Wildman–Crippen MR) is 107 cm³/mol. The minimum Gasteiger partial charge on any atom is -0.372 e. The molecule has 1 N–H and O–H groups in total. The van der Waals surface area contributed by atoms with E-state index < -0.39 is 9.84 Å². The lowest BCUT2D eigenvalue weighted by Crippen LogP contribution is -2.03. The highest BCUT2D eigenvalue weighted by molar-refractivity contribution is 7.91. The highest BCUT2D eigenvalue weighted by Crippen LogP contribution is 2.34. The van der Waals surface area contributed by atoms with Crippen LogP contribution in [0, 0.1) is 17.1 Å². The van der Waals surface area contributed by atoms with Crippen LogP contribution in [-0.4, -0.2) is 26.2 Å². The number of nitrogens with one attached hydrogen (secondary N) is 1. The van der Waals surface area contributed by atoms with Crippen molar-refractivity contribution in [3.8, 4) is 28.5 Å². The van der Waals surface area contributed by atoms with E-state index in [1.165, 1.54) is 12.1 Å². The minimum atomic E-state index is -3.31. The highest BCUT2D eigenvalue weighted by Gasteiger charge is 2.16. The molecule has 0 saturated heterocycles. The van der Waals surface area contributed by atoms with Crippen molar-refractivity contribution in [3.63, 3.8) is 0 Å². The van der Waals surface area contributed by atoms with Crippen LogP contribution in [0.15, 0.2) is 59.5 Å². The molecule has 0 atom stereocenters. The molecule has 3 aromatic rings. The van der Waals surface area contributed by atoms with E-state index in [0.29, 0.717) is 33.8 Å². The molecule has 7 heteroatoms. The lowest BCUT2D eigenvalue weighted by Gasteiger charge is -2.13. The summed E-state index contributed by atoms with van der Waals surface area (Å²) in [6.45, 7) is 1.59. The normalized spacial score (nSPS) is 11.1. The second-order valence-electron chi connectivity index (χ2n) is 6.08. The summed E-state index contributed by atoms with van der Waals surface area (Å²) < 4.78 is 37.5. The van der Waals surface area contributed by atoms with Gasteiger partial charge in [-0.25, -0.2) is 17.8 Å². The van der Waals surface area contributed by atoms with Crippen molar-refractivity contribution in [1.29, 1.82) is 5.26 Å². The number of nitriles is 1. The van der Waals surface area contributed by atoms with Gasteiger partial charge in [0.2, 0.25) is 0 Å². The van der Waals surface area contributed by atoms with Gasteiger partial charge in [0, 0.05) is 18.2 Å². The summed E-state index contributed by atoms with van der Waals surface area (Å²) in [5.74, 6) is 0.0714. The summed E-state index contributed by atoms with van der Waals surface area (Å²) in [7, 11) is -1.64. The molecule has 5 nitrogen and oxygen atoms in total. The fourth-order valence-corrected chi connectivity index (χ4v) is 3.73. The van der Waals surface area contributed by atoms with Gasteiger partial charge in [0.25, 0.3) is 0 Å². The van der Waals surface area contributed by atoms with E-state index in [2.05, 4.69) is 16.4 Å². The molecule has 3 rings (SSSR count). The van der Waals surface area contributed by atoms with Crippen LogP contribution in [0.4, 0.5) is 10.2 Å². The summed E-state index contributed by atoms with van der Waals surface area (Å²) in [5.41, 5.74) is 2.97. The van der Waals surface area contributed by atoms with Crippen LogP contribution in [0.2, 0.25) is 0 Å². The van der Waals surface area contributed by atoms with Gasteiger partial charge >= 0.3 is 0 Å². The highest BCUT2D eigenvalue weighted by atomic mass is 32.2. The third-order valence-corrected chi connectivity index (χ3v) is 6.15. The van der Waals surface area contributed by atoms with Crippen molar-refractivity contribution in [1.82, 2.24) is 4.98 Å². The average molecular weight is 395 g/mol. The number of hydrogen-bond acceptors (Lipinski definition) is 5. The second-order valence-corrected chi connectivity index (χ2v) is 8.36. The zero-order chi connectivity index (χ0) is 20.3. The van der Waals surface area contributed by atoms with E-state index >= 15 is 0 Å². The van der Waals surface area contributed by atoms with E-state index in [1.54, 1.807) is 56.4 Å². The third kappa shape index (κ3) is 3.73. The van der Waals surface area contributed by atoms with Crippen molar-refractivity contribution >= 4 is 15.7 Å². The summed E-state index contributed by atoms with van der Waals surface area (Å²) in [6.07, 6.45) is 0. The molecule has 0 bridgehead atoms. The van der Waals surface area contributed by atoms with Gasteiger partial charge in [0.1, 0.15) is 17.7 Å². The largest absolute Gasteiger partial charge is 0.372 e. The molecular weight excluding hydrogens is 377 g/mol. The molecule has 1 heterocycles. The van der Waals surface area contributed by atoms with Crippen molar-refractivity contribution < 1.29 is 12.8 Å². The summed E-state index contributed by atoms with van der Waals surface area (Å²) in [4.78, 5) is 4.79. The second kappa shape index (κ2) is 7.79. The Labute approximate surface area is 163 Å². The number of pyridine rings is 1. The van der Waals surface area contributed by atoms with Crippen LogP contribution in [0.25, 0.3) is 22.4 Å². The fourth-order valence-electron chi connectivity index (χ4n) is 2.85. The van der Waals surface area contributed by atoms with Crippen molar-refractivity contribution in [2.45, 2.75) is 11.8 Å². The van der Waals surface area contributed by atoms with Crippen molar-refractivity contribution in [3.05, 3.63) is 66.0 Å². The van der Waals surface area contributed by atoms with E-state index in [1.807, 2.05) is 0 Å². The average Bonchev–Trinajstić information content (AvgIpc) is 2.73. The molecular formula is C21H18FN3O2S. The number of nitrogens with zero attached hydrogens (tertiary/aromatic N) is 2. The molecule has 0 aliphatic heterocycles. The Morgan fingerprint density at radius 3 is 2.21 bits per heavy atom. The molecule has 0 aliphatic carbocycles. The number of benzene rings is 2. The molecule has 28 heavy (non-hydrogen) atoms. The maximum Gasteiger partial charge on any atom is 0.178 e. The van der Waals surface area contributed by atoms with Gasteiger partial charge in [-0.1, -0.05) is 19.1 Å². The Morgan fingerprint density at radius 1 is 1.07 bits per heavy atom. The van der Waals surface area contributed by atoms with Crippen LogP contribution in [0.3, 0.4) is 0 Å². The first-order valence-electron chi connectivity index (χ1n) is 8.61. The number of aromatic nitrogens is 1. The van der Waals surface area contributed by atoms with E-state index in [-0.39, 0.29) is 16.5 Å². The number of anilines is 1. The predicted octanol–water partition coefficient (Wildman–Crippen LogP) is 4.26. The van der Waals surface area contributed by atoms with Crippen LogP contribution < -0.4 is 5.32 Å². The lowest BCUT2D eigenvalue weighted by atomic mass is 9.97. The fraction of sp³-hybridized carbons (Fsp3) is 0.143. The molecule has 0 radical (unpaired) electrons. The van der Waals surface area contributed by atoms with Gasteiger partial charge in [-0.15, -0.1) is 0 Å². The lowest BCUT2D eigenvalue weighted by molar-refractivity contribution is 0.597.